The first-order valence-electron chi connectivity index (χ1n) is 3.01. The zero-order chi connectivity index (χ0) is 9.35. The van der Waals surface area contributed by atoms with E-state index in [1.807, 2.05) is 0 Å². The number of alkyl halides is 2. The Labute approximate surface area is 85.5 Å². The molecule has 0 radical (unpaired) electrons. The summed E-state index contributed by atoms with van der Waals surface area (Å²) in [5, 5.41) is 4.47. The average molecular weight is 302 g/mol. The zero-order valence-electron chi connectivity index (χ0n) is 6.06. The molecule has 1 unspecified atom stereocenters. The summed E-state index contributed by atoms with van der Waals surface area (Å²) in [5.74, 6) is -0.488. The smallest absolute Gasteiger partial charge is 0.323 e. The highest BCUT2D eigenvalue weighted by atomic mass is 79.9. The molecule has 0 aliphatic carbocycles. The predicted molar refractivity (Wildman–Crippen MR) is 48.1 cm³/mol. The van der Waals surface area contributed by atoms with Crippen molar-refractivity contribution in [3.8, 4) is 0 Å². The molecule has 1 saturated heterocycles. The Balaban J connectivity index is 2.85. The zero-order valence-corrected chi connectivity index (χ0v) is 9.23. The van der Waals surface area contributed by atoms with E-state index in [2.05, 4.69) is 42.5 Å². The number of hydrogen-bond acceptors (Lipinski definition) is 3. The van der Waals surface area contributed by atoms with Crippen molar-refractivity contribution in [2.75, 3.05) is 7.11 Å². The molecule has 0 aromatic heterocycles. The van der Waals surface area contributed by atoms with Gasteiger partial charge in [0, 0.05) is 7.11 Å². The van der Waals surface area contributed by atoms with E-state index in [1.165, 1.54) is 7.11 Å². The molecule has 1 aliphatic rings. The van der Waals surface area contributed by atoms with E-state index in [1.54, 1.807) is 0 Å². The quantitative estimate of drug-likeness (QED) is 0.684. The Kier molecular flexibility index (Phi) is 2.74. The highest BCUT2D eigenvalue weighted by Crippen LogP contribution is 2.32. The van der Waals surface area contributed by atoms with E-state index >= 15 is 0 Å². The molecule has 7 heteroatoms. The predicted octanol–water partition coefficient (Wildman–Crippen LogP) is 0.284. The molecule has 0 bridgehead atoms. The van der Waals surface area contributed by atoms with Crippen molar-refractivity contribution in [1.29, 1.82) is 0 Å². The fourth-order valence-electron chi connectivity index (χ4n) is 0.758. The van der Waals surface area contributed by atoms with Crippen LogP contribution in [0.25, 0.3) is 0 Å². The van der Waals surface area contributed by atoms with E-state index < -0.39 is 21.4 Å². The fraction of sp³-hybridized carbons (Fsp3) is 0.600. The third-order valence-electron chi connectivity index (χ3n) is 1.36. The van der Waals surface area contributed by atoms with Gasteiger partial charge in [-0.2, -0.15) is 0 Å². The van der Waals surface area contributed by atoms with Gasteiger partial charge in [0.05, 0.1) is 0 Å². The lowest BCUT2D eigenvalue weighted by atomic mass is 10.3. The van der Waals surface area contributed by atoms with Crippen LogP contribution in [0.3, 0.4) is 0 Å². The number of carbonyl (C=O) groups excluding carboxylic acids is 2. The second kappa shape index (κ2) is 3.31. The van der Waals surface area contributed by atoms with E-state index in [0.717, 1.165) is 0 Å². The van der Waals surface area contributed by atoms with Gasteiger partial charge in [-0.05, 0) is 0 Å². The topological polar surface area (TPSA) is 67.4 Å². The number of halogens is 2. The lowest BCUT2D eigenvalue weighted by Gasteiger charge is -2.32. The summed E-state index contributed by atoms with van der Waals surface area (Å²) in [6, 6.07) is -0.568. The molecule has 0 saturated carbocycles. The fourth-order valence-corrected chi connectivity index (χ4v) is 1.56. The SMILES string of the molecule is COC1NC(=O)NC(=O)C1(Br)Br. The van der Waals surface area contributed by atoms with Crippen LogP contribution in [0.15, 0.2) is 0 Å². The van der Waals surface area contributed by atoms with Crippen LogP contribution in [-0.4, -0.2) is 28.5 Å². The van der Waals surface area contributed by atoms with Crippen molar-refractivity contribution in [2.24, 2.45) is 0 Å². The lowest BCUT2D eigenvalue weighted by Crippen LogP contribution is -2.64. The number of carbonyl (C=O) groups is 2. The Morgan fingerprint density at radius 3 is 2.58 bits per heavy atom. The number of rotatable bonds is 1. The highest BCUT2D eigenvalue weighted by molar-refractivity contribution is 9.26. The monoisotopic (exact) mass is 300 g/mol. The van der Waals surface area contributed by atoms with Gasteiger partial charge in [0.15, 0.2) is 6.23 Å². The maximum Gasteiger partial charge on any atom is 0.323 e. The number of hydrogen-bond donors (Lipinski definition) is 2. The van der Waals surface area contributed by atoms with Crippen LogP contribution in [0.5, 0.6) is 0 Å². The molecule has 1 atom stereocenters. The standard InChI is InChI=1S/C5H6Br2N2O3/c1-12-3-5(6,7)2(10)8-4(11)9-3/h3H,1H3,(H2,8,9,10,11). The molecule has 1 aliphatic heterocycles. The van der Waals surface area contributed by atoms with E-state index in [9.17, 15) is 9.59 Å². The minimum atomic E-state index is -1.09. The van der Waals surface area contributed by atoms with Gasteiger partial charge in [-0.1, -0.05) is 31.9 Å². The van der Waals surface area contributed by atoms with Crippen LogP contribution in [0.2, 0.25) is 0 Å². The lowest BCUT2D eigenvalue weighted by molar-refractivity contribution is -0.124. The summed E-state index contributed by atoms with van der Waals surface area (Å²) in [5.41, 5.74) is 0. The van der Waals surface area contributed by atoms with Crippen LogP contribution in [0.1, 0.15) is 0 Å². The van der Waals surface area contributed by atoms with Crippen LogP contribution in [0, 0.1) is 0 Å². The summed E-state index contributed by atoms with van der Waals surface area (Å²) in [6.45, 7) is 0. The van der Waals surface area contributed by atoms with Crippen LogP contribution < -0.4 is 10.6 Å². The summed E-state index contributed by atoms with van der Waals surface area (Å²) < 4.78 is 3.77. The van der Waals surface area contributed by atoms with Crippen molar-refractivity contribution in [3.05, 3.63) is 0 Å². The van der Waals surface area contributed by atoms with Gasteiger partial charge in [-0.25, -0.2) is 4.79 Å². The van der Waals surface area contributed by atoms with Crippen molar-refractivity contribution in [1.82, 2.24) is 10.6 Å². The van der Waals surface area contributed by atoms with Crippen LogP contribution in [-0.2, 0) is 9.53 Å². The minimum absolute atomic E-state index is 0.488. The average Bonchev–Trinajstić information content (AvgIpc) is 1.97. The normalized spacial score (nSPS) is 27.8. The minimum Gasteiger partial charge on any atom is -0.359 e. The number of nitrogens with one attached hydrogen (secondary N) is 2. The molecule has 1 heterocycles. The summed E-state index contributed by atoms with van der Waals surface area (Å²) in [4.78, 5) is 21.9. The number of ether oxygens (including phenoxy) is 1. The highest BCUT2D eigenvalue weighted by Gasteiger charge is 2.47. The van der Waals surface area contributed by atoms with Gasteiger partial charge in [-0.3, -0.25) is 10.1 Å². The molecule has 0 aromatic carbocycles. The number of methoxy groups -OCH3 is 1. The Morgan fingerprint density at radius 1 is 1.50 bits per heavy atom. The molecule has 1 rings (SSSR count). The van der Waals surface area contributed by atoms with Gasteiger partial charge in [-0.15, -0.1) is 0 Å². The molecular weight excluding hydrogens is 296 g/mol. The van der Waals surface area contributed by atoms with Gasteiger partial charge >= 0.3 is 6.03 Å². The first-order chi connectivity index (χ1) is 5.48. The number of urea groups is 1. The molecule has 0 aromatic rings. The Bertz CT molecular complexity index is 231. The maximum absolute atomic E-state index is 11.1. The summed E-state index contributed by atoms with van der Waals surface area (Å²) >= 11 is 6.15. The largest absolute Gasteiger partial charge is 0.359 e. The Morgan fingerprint density at radius 2 is 2.08 bits per heavy atom. The summed E-state index contributed by atoms with van der Waals surface area (Å²) in [7, 11) is 1.39. The van der Waals surface area contributed by atoms with E-state index in [-0.39, 0.29) is 0 Å². The third-order valence-corrected chi connectivity index (χ3v) is 2.91. The molecular formula is C5H6Br2N2O3. The summed E-state index contributed by atoms with van der Waals surface area (Å²) in [6.07, 6.45) is -0.723. The molecule has 1 fully saturated rings. The third kappa shape index (κ3) is 1.62. The first-order valence-corrected chi connectivity index (χ1v) is 4.59. The molecule has 3 amide bonds. The second-order valence-electron chi connectivity index (χ2n) is 2.17. The van der Waals surface area contributed by atoms with Crippen molar-refractivity contribution >= 4 is 43.8 Å². The van der Waals surface area contributed by atoms with Gasteiger partial charge in [0.1, 0.15) is 0 Å². The van der Waals surface area contributed by atoms with Gasteiger partial charge in [0.25, 0.3) is 5.91 Å². The van der Waals surface area contributed by atoms with Crippen molar-refractivity contribution in [2.45, 2.75) is 9.46 Å². The Hall–Kier alpha value is -0.140. The molecule has 2 N–H and O–H groups in total. The number of amides is 3. The number of imide groups is 1. The molecule has 68 valence electrons. The van der Waals surface area contributed by atoms with Crippen molar-refractivity contribution < 1.29 is 14.3 Å². The van der Waals surface area contributed by atoms with Gasteiger partial charge < -0.3 is 10.1 Å². The van der Waals surface area contributed by atoms with E-state index in [0.29, 0.717) is 0 Å². The van der Waals surface area contributed by atoms with Crippen LogP contribution in [0.4, 0.5) is 4.79 Å². The van der Waals surface area contributed by atoms with Crippen LogP contribution >= 0.6 is 31.9 Å². The molecule has 5 nitrogen and oxygen atoms in total. The first kappa shape index (κ1) is 9.94. The van der Waals surface area contributed by atoms with E-state index in [4.69, 9.17) is 4.74 Å². The second-order valence-corrected chi connectivity index (χ2v) is 5.73. The van der Waals surface area contributed by atoms with Crippen molar-refractivity contribution in [3.63, 3.8) is 0 Å². The maximum atomic E-state index is 11.1. The van der Waals surface area contributed by atoms with Gasteiger partial charge in [0.2, 0.25) is 3.23 Å². The molecule has 0 spiro atoms. The molecule has 12 heavy (non-hydrogen) atoms.